The van der Waals surface area contributed by atoms with Gasteiger partial charge in [-0.1, -0.05) is 0 Å². The smallest absolute Gasteiger partial charge is 0.225 e. The summed E-state index contributed by atoms with van der Waals surface area (Å²) in [4.78, 5) is 0. The summed E-state index contributed by atoms with van der Waals surface area (Å²) in [6.07, 6.45) is -3.46. The van der Waals surface area contributed by atoms with E-state index in [1.54, 1.807) is 0 Å². The molecule has 0 fully saturated rings. The van der Waals surface area contributed by atoms with Gasteiger partial charge in [-0.2, -0.15) is 0 Å². The predicted octanol–water partition coefficient (Wildman–Crippen LogP) is 1.37. The van der Waals surface area contributed by atoms with E-state index in [-0.39, 0.29) is 0 Å². The van der Waals surface area contributed by atoms with E-state index in [9.17, 15) is 21.6 Å². The molecule has 0 radical (unpaired) electrons. The van der Waals surface area contributed by atoms with Crippen molar-refractivity contribution in [2.24, 2.45) is 0 Å². The van der Waals surface area contributed by atoms with Crippen molar-refractivity contribution >= 4 is 9.84 Å². The van der Waals surface area contributed by atoms with Crippen molar-refractivity contribution in [3.8, 4) is 0 Å². The molecule has 0 aromatic carbocycles. The van der Waals surface area contributed by atoms with Crippen molar-refractivity contribution in [2.75, 3.05) is 0 Å². The molecule has 0 aliphatic carbocycles. The van der Waals surface area contributed by atoms with Crippen LogP contribution in [0.15, 0.2) is 0 Å². The Balaban J connectivity index is 4.58. The number of hydrogen-bond acceptors (Lipinski definition) is 2. The minimum Gasteiger partial charge on any atom is -0.225 e. The van der Waals surface area contributed by atoms with Gasteiger partial charge in [-0.05, 0) is 13.8 Å². The molecule has 0 aromatic rings. The fourth-order valence-electron chi connectivity index (χ4n) is 0.403. The van der Waals surface area contributed by atoms with Crippen LogP contribution in [-0.2, 0) is 9.84 Å². The Morgan fingerprint density at radius 1 is 1.09 bits per heavy atom. The second-order valence-corrected chi connectivity index (χ2v) is 4.89. The maximum Gasteiger partial charge on any atom is 0.283 e. The molecule has 68 valence electrons. The van der Waals surface area contributed by atoms with Crippen LogP contribution >= 0.6 is 0 Å². The lowest BCUT2D eigenvalue weighted by molar-refractivity contribution is 0.0898. The SMILES string of the molecule is CC(C)S(=O)(=O)C(F)C(F)F. The summed E-state index contributed by atoms with van der Waals surface area (Å²) in [5.41, 5.74) is -3.05. The van der Waals surface area contributed by atoms with E-state index in [1.165, 1.54) is 0 Å². The highest BCUT2D eigenvalue weighted by molar-refractivity contribution is 7.92. The van der Waals surface area contributed by atoms with E-state index >= 15 is 0 Å². The van der Waals surface area contributed by atoms with Gasteiger partial charge in [0.1, 0.15) is 0 Å². The van der Waals surface area contributed by atoms with Gasteiger partial charge in [-0.3, -0.25) is 0 Å². The molecule has 2 nitrogen and oxygen atoms in total. The third-order valence-corrected chi connectivity index (χ3v) is 3.32. The van der Waals surface area contributed by atoms with Gasteiger partial charge in [0.15, 0.2) is 9.84 Å². The minimum atomic E-state index is -4.29. The highest BCUT2D eigenvalue weighted by Crippen LogP contribution is 2.17. The molecule has 0 heterocycles. The molecule has 0 saturated carbocycles. The Kier molecular flexibility index (Phi) is 3.34. The summed E-state index contributed by atoms with van der Waals surface area (Å²) in [7, 11) is -4.29. The van der Waals surface area contributed by atoms with Crippen molar-refractivity contribution in [3.05, 3.63) is 0 Å². The topological polar surface area (TPSA) is 34.1 Å². The Hall–Kier alpha value is -0.260. The largest absolute Gasteiger partial charge is 0.283 e. The van der Waals surface area contributed by atoms with Crippen LogP contribution in [0, 0.1) is 0 Å². The number of hydrogen-bond donors (Lipinski definition) is 0. The van der Waals surface area contributed by atoms with Crippen LogP contribution < -0.4 is 0 Å². The first-order valence-corrected chi connectivity index (χ1v) is 4.56. The Bertz CT molecular complexity index is 210. The fourth-order valence-corrected chi connectivity index (χ4v) is 1.21. The average molecular weight is 190 g/mol. The summed E-state index contributed by atoms with van der Waals surface area (Å²) in [6, 6.07) is 0. The zero-order valence-electron chi connectivity index (χ0n) is 6.09. The number of halogens is 3. The lowest BCUT2D eigenvalue weighted by Gasteiger charge is -2.10. The zero-order valence-corrected chi connectivity index (χ0v) is 6.91. The summed E-state index contributed by atoms with van der Waals surface area (Å²) >= 11 is 0. The Labute approximate surface area is 63.3 Å². The molecule has 0 aliphatic rings. The molecule has 11 heavy (non-hydrogen) atoms. The van der Waals surface area contributed by atoms with Crippen LogP contribution in [0.3, 0.4) is 0 Å². The van der Waals surface area contributed by atoms with E-state index in [4.69, 9.17) is 0 Å². The van der Waals surface area contributed by atoms with Crippen LogP contribution in [0.2, 0.25) is 0 Å². The highest BCUT2D eigenvalue weighted by Gasteiger charge is 2.35. The molecule has 1 atom stereocenters. The normalized spacial score (nSPS) is 15.9. The quantitative estimate of drug-likeness (QED) is 0.673. The maximum absolute atomic E-state index is 12.2. The van der Waals surface area contributed by atoms with Crippen molar-refractivity contribution in [1.82, 2.24) is 0 Å². The zero-order chi connectivity index (χ0) is 9.23. The molecule has 0 aliphatic heterocycles. The molecular formula is C5H9F3O2S. The van der Waals surface area contributed by atoms with Gasteiger partial charge in [0, 0.05) is 0 Å². The fraction of sp³-hybridized carbons (Fsp3) is 1.00. The van der Waals surface area contributed by atoms with Crippen molar-refractivity contribution in [3.63, 3.8) is 0 Å². The Morgan fingerprint density at radius 3 is 1.55 bits per heavy atom. The molecule has 0 N–H and O–H groups in total. The average Bonchev–Trinajstić information content (AvgIpc) is 1.85. The Morgan fingerprint density at radius 2 is 1.45 bits per heavy atom. The van der Waals surface area contributed by atoms with Gasteiger partial charge in [0.05, 0.1) is 5.25 Å². The standard InChI is InChI=1S/C5H9F3O2S/c1-3(2)11(9,10)5(8)4(6)7/h3-5H,1-2H3. The maximum atomic E-state index is 12.2. The van der Waals surface area contributed by atoms with Crippen LogP contribution in [-0.4, -0.2) is 25.6 Å². The molecule has 0 saturated heterocycles. The van der Waals surface area contributed by atoms with Crippen molar-refractivity contribution in [2.45, 2.75) is 31.0 Å². The molecule has 0 aromatic heterocycles. The highest BCUT2D eigenvalue weighted by atomic mass is 32.2. The van der Waals surface area contributed by atoms with Gasteiger partial charge in [-0.25, -0.2) is 21.6 Å². The third kappa shape index (κ3) is 2.36. The van der Waals surface area contributed by atoms with Crippen LogP contribution in [0.25, 0.3) is 0 Å². The monoisotopic (exact) mass is 190 g/mol. The van der Waals surface area contributed by atoms with E-state index in [1.807, 2.05) is 0 Å². The predicted molar refractivity (Wildman–Crippen MR) is 35.0 cm³/mol. The molecule has 0 amide bonds. The van der Waals surface area contributed by atoms with E-state index in [0.29, 0.717) is 0 Å². The first-order valence-electron chi connectivity index (χ1n) is 2.95. The summed E-state index contributed by atoms with van der Waals surface area (Å²) < 4.78 is 56.5. The lowest BCUT2D eigenvalue weighted by Crippen LogP contribution is -2.30. The second kappa shape index (κ2) is 3.42. The van der Waals surface area contributed by atoms with Gasteiger partial charge >= 0.3 is 0 Å². The van der Waals surface area contributed by atoms with Gasteiger partial charge in [-0.15, -0.1) is 0 Å². The van der Waals surface area contributed by atoms with Crippen molar-refractivity contribution < 1.29 is 21.6 Å². The number of alkyl halides is 3. The van der Waals surface area contributed by atoms with Gasteiger partial charge in [0.2, 0.25) is 0 Å². The van der Waals surface area contributed by atoms with Crippen LogP contribution in [0.1, 0.15) is 13.8 Å². The molecule has 0 rings (SSSR count). The van der Waals surface area contributed by atoms with Gasteiger partial charge in [0.25, 0.3) is 11.9 Å². The van der Waals surface area contributed by atoms with E-state index < -0.39 is 27.0 Å². The lowest BCUT2D eigenvalue weighted by atomic mass is 10.6. The molecule has 0 bridgehead atoms. The van der Waals surface area contributed by atoms with Gasteiger partial charge < -0.3 is 0 Å². The third-order valence-electron chi connectivity index (χ3n) is 1.17. The summed E-state index contributed by atoms with van der Waals surface area (Å²) in [5, 5.41) is -1.11. The van der Waals surface area contributed by atoms with Crippen LogP contribution in [0.4, 0.5) is 13.2 Å². The number of rotatable bonds is 3. The summed E-state index contributed by atoms with van der Waals surface area (Å²) in [5.74, 6) is 0. The first-order chi connectivity index (χ1) is 4.80. The van der Waals surface area contributed by atoms with Crippen molar-refractivity contribution in [1.29, 1.82) is 0 Å². The van der Waals surface area contributed by atoms with E-state index in [2.05, 4.69) is 0 Å². The first kappa shape index (κ1) is 10.7. The molecule has 6 heteroatoms. The van der Waals surface area contributed by atoms with Crippen LogP contribution in [0.5, 0.6) is 0 Å². The number of sulfone groups is 1. The second-order valence-electron chi connectivity index (χ2n) is 2.32. The molecular weight excluding hydrogens is 181 g/mol. The molecule has 0 spiro atoms. The summed E-state index contributed by atoms with van der Waals surface area (Å²) in [6.45, 7) is 2.31. The minimum absolute atomic E-state index is 1.11. The molecule has 1 unspecified atom stereocenters. The van der Waals surface area contributed by atoms with E-state index in [0.717, 1.165) is 13.8 Å².